The second-order valence-electron chi connectivity index (χ2n) is 5.92. The highest BCUT2D eigenvalue weighted by Gasteiger charge is 2.29. The number of carbonyl (C=O) groups is 1. The van der Waals surface area contributed by atoms with Crippen molar-refractivity contribution in [2.24, 2.45) is 0 Å². The second-order valence-corrected chi connectivity index (χ2v) is 5.92. The molecule has 1 N–H and O–H groups in total. The number of nitrogens with zero attached hydrogens (tertiary/aromatic N) is 2. The molecule has 1 aromatic carbocycles. The Hall–Kier alpha value is -2.14. The van der Waals surface area contributed by atoms with Crippen LogP contribution in [0.2, 0.25) is 0 Å². The largest absolute Gasteiger partial charge is 0.332 e. The minimum absolute atomic E-state index is 0.0807. The van der Waals surface area contributed by atoms with Crippen LogP contribution in [0.15, 0.2) is 35.1 Å². The van der Waals surface area contributed by atoms with Gasteiger partial charge in [0.05, 0.1) is 0 Å². The summed E-state index contributed by atoms with van der Waals surface area (Å²) in [6, 6.07) is 9.31. The molecule has 1 atom stereocenters. The highest BCUT2D eigenvalue weighted by atomic mass is 16.2. The molecule has 0 aliphatic carbocycles. The van der Waals surface area contributed by atoms with Gasteiger partial charge in [0.15, 0.2) is 0 Å². The van der Waals surface area contributed by atoms with Crippen molar-refractivity contribution in [1.82, 2.24) is 14.8 Å². The summed E-state index contributed by atoms with van der Waals surface area (Å²) in [4.78, 5) is 31.8. The number of amides is 1. The van der Waals surface area contributed by atoms with Crippen LogP contribution in [0, 0.1) is 0 Å². The number of hydrogen-bond acceptors (Lipinski definition) is 3. The predicted octanol–water partition coefficient (Wildman–Crippen LogP) is 1.69. The zero-order chi connectivity index (χ0) is 15.7. The van der Waals surface area contributed by atoms with E-state index >= 15 is 0 Å². The summed E-state index contributed by atoms with van der Waals surface area (Å²) < 4.78 is 0. The fourth-order valence-corrected chi connectivity index (χ4v) is 3.11. The van der Waals surface area contributed by atoms with Gasteiger partial charge in [0.25, 0.3) is 11.5 Å². The molecule has 3 rings (SSSR count). The number of pyridine rings is 1. The average Bonchev–Trinajstić information content (AvgIpc) is 2.54. The number of likely N-dealkylation sites (N-methyl/N-ethyl adjacent to an activating group) is 1. The van der Waals surface area contributed by atoms with Crippen molar-refractivity contribution in [3.63, 3.8) is 0 Å². The third-order valence-electron chi connectivity index (χ3n) is 4.40. The third kappa shape index (κ3) is 2.64. The number of fused-ring (bicyclic) bond motifs is 1. The molecule has 1 unspecified atom stereocenters. The molecule has 1 aromatic heterocycles. The predicted molar refractivity (Wildman–Crippen MR) is 87.2 cm³/mol. The molecule has 1 fully saturated rings. The number of piperazine rings is 1. The normalized spacial score (nSPS) is 19.5. The standard InChI is InChI=1S/C17H21N3O2/c1-3-13-11-19(2)8-9-20(13)17(22)15-10-12-6-4-5-7-14(12)16(21)18-15/h4-7,10,13H,3,8-9,11H2,1-2H3,(H,18,21). The highest BCUT2D eigenvalue weighted by molar-refractivity contribution is 5.96. The summed E-state index contributed by atoms with van der Waals surface area (Å²) >= 11 is 0. The molecule has 0 saturated carbocycles. The molecule has 1 amide bonds. The van der Waals surface area contributed by atoms with Gasteiger partial charge in [-0.3, -0.25) is 9.59 Å². The Kier molecular flexibility index (Phi) is 3.98. The fourth-order valence-electron chi connectivity index (χ4n) is 3.11. The van der Waals surface area contributed by atoms with Gasteiger partial charge in [-0.25, -0.2) is 0 Å². The Balaban J connectivity index is 1.96. The van der Waals surface area contributed by atoms with Crippen LogP contribution in [0.3, 0.4) is 0 Å². The van der Waals surface area contributed by atoms with Crippen LogP contribution in [0.25, 0.3) is 10.8 Å². The van der Waals surface area contributed by atoms with Crippen LogP contribution in [0.1, 0.15) is 23.8 Å². The molecule has 0 spiro atoms. The van der Waals surface area contributed by atoms with Gasteiger partial charge in [-0.05, 0) is 31.0 Å². The molecule has 116 valence electrons. The number of hydrogen-bond donors (Lipinski definition) is 1. The summed E-state index contributed by atoms with van der Waals surface area (Å²) in [5, 5.41) is 1.42. The number of rotatable bonds is 2. The fraction of sp³-hybridized carbons (Fsp3) is 0.412. The van der Waals surface area contributed by atoms with Crippen molar-refractivity contribution in [3.8, 4) is 0 Å². The minimum Gasteiger partial charge on any atom is -0.332 e. The van der Waals surface area contributed by atoms with E-state index in [1.54, 1.807) is 12.1 Å². The molecule has 22 heavy (non-hydrogen) atoms. The number of aromatic nitrogens is 1. The first kappa shape index (κ1) is 14.8. The summed E-state index contributed by atoms with van der Waals surface area (Å²) in [7, 11) is 2.07. The Morgan fingerprint density at radius 3 is 2.86 bits per heavy atom. The van der Waals surface area contributed by atoms with E-state index in [9.17, 15) is 9.59 Å². The van der Waals surface area contributed by atoms with Gasteiger partial charge in [0, 0.05) is 31.1 Å². The van der Waals surface area contributed by atoms with Crippen molar-refractivity contribution in [1.29, 1.82) is 0 Å². The Morgan fingerprint density at radius 2 is 2.09 bits per heavy atom. The zero-order valence-electron chi connectivity index (χ0n) is 13.0. The van der Waals surface area contributed by atoms with Gasteiger partial charge in [0.2, 0.25) is 0 Å². The monoisotopic (exact) mass is 299 g/mol. The van der Waals surface area contributed by atoms with E-state index in [0.29, 0.717) is 17.6 Å². The molecular formula is C17H21N3O2. The van der Waals surface area contributed by atoms with E-state index in [0.717, 1.165) is 24.9 Å². The van der Waals surface area contributed by atoms with Gasteiger partial charge in [0.1, 0.15) is 5.69 Å². The Bertz CT molecular complexity index is 753. The molecular weight excluding hydrogens is 278 g/mol. The Labute approximate surface area is 129 Å². The zero-order valence-corrected chi connectivity index (χ0v) is 13.0. The first-order valence-electron chi connectivity index (χ1n) is 7.71. The summed E-state index contributed by atoms with van der Waals surface area (Å²) in [5.74, 6) is -0.0807. The maximum Gasteiger partial charge on any atom is 0.270 e. The van der Waals surface area contributed by atoms with Crippen LogP contribution in [-0.4, -0.2) is 53.4 Å². The lowest BCUT2D eigenvalue weighted by molar-refractivity contribution is 0.0488. The molecule has 5 nitrogen and oxygen atoms in total. The molecule has 0 bridgehead atoms. The van der Waals surface area contributed by atoms with Gasteiger partial charge >= 0.3 is 0 Å². The number of carbonyl (C=O) groups excluding carboxylic acids is 1. The van der Waals surface area contributed by atoms with Crippen molar-refractivity contribution in [2.75, 3.05) is 26.7 Å². The summed E-state index contributed by atoms with van der Waals surface area (Å²) in [6.45, 7) is 4.52. The molecule has 1 saturated heterocycles. The molecule has 2 heterocycles. The smallest absolute Gasteiger partial charge is 0.270 e. The van der Waals surface area contributed by atoms with E-state index in [1.165, 1.54) is 0 Å². The molecule has 0 radical (unpaired) electrons. The van der Waals surface area contributed by atoms with E-state index in [-0.39, 0.29) is 17.5 Å². The summed E-state index contributed by atoms with van der Waals surface area (Å²) in [5.41, 5.74) is 0.176. The molecule has 1 aliphatic rings. The highest BCUT2D eigenvalue weighted by Crippen LogP contribution is 2.16. The van der Waals surface area contributed by atoms with Crippen LogP contribution < -0.4 is 5.56 Å². The van der Waals surface area contributed by atoms with E-state index in [2.05, 4.69) is 23.9 Å². The van der Waals surface area contributed by atoms with Crippen LogP contribution in [0.5, 0.6) is 0 Å². The first-order chi connectivity index (χ1) is 10.6. The lowest BCUT2D eigenvalue weighted by atomic mass is 10.1. The second kappa shape index (κ2) is 5.93. The van der Waals surface area contributed by atoms with Crippen LogP contribution in [-0.2, 0) is 0 Å². The first-order valence-corrected chi connectivity index (χ1v) is 7.71. The maximum atomic E-state index is 12.8. The summed E-state index contributed by atoms with van der Waals surface area (Å²) in [6.07, 6.45) is 0.911. The average molecular weight is 299 g/mol. The molecule has 2 aromatic rings. The quantitative estimate of drug-likeness (QED) is 0.918. The topological polar surface area (TPSA) is 56.4 Å². The van der Waals surface area contributed by atoms with Crippen molar-refractivity contribution in [2.45, 2.75) is 19.4 Å². The number of H-pyrrole nitrogens is 1. The van der Waals surface area contributed by atoms with Crippen molar-refractivity contribution in [3.05, 3.63) is 46.4 Å². The van der Waals surface area contributed by atoms with Gasteiger partial charge in [-0.2, -0.15) is 0 Å². The molecule has 5 heteroatoms. The number of aromatic amines is 1. The Morgan fingerprint density at radius 1 is 1.32 bits per heavy atom. The SMILES string of the molecule is CCC1CN(C)CCN1C(=O)c1cc2ccccc2c(=O)[nH]1. The number of benzene rings is 1. The van der Waals surface area contributed by atoms with Crippen LogP contribution in [0.4, 0.5) is 0 Å². The lowest BCUT2D eigenvalue weighted by Gasteiger charge is -2.39. The van der Waals surface area contributed by atoms with Crippen LogP contribution >= 0.6 is 0 Å². The van der Waals surface area contributed by atoms with Crippen molar-refractivity contribution < 1.29 is 4.79 Å². The molecule has 1 aliphatic heterocycles. The minimum atomic E-state index is -0.205. The van der Waals surface area contributed by atoms with Gasteiger partial charge < -0.3 is 14.8 Å². The van der Waals surface area contributed by atoms with E-state index in [1.807, 2.05) is 23.1 Å². The van der Waals surface area contributed by atoms with E-state index < -0.39 is 0 Å². The van der Waals surface area contributed by atoms with Crippen molar-refractivity contribution >= 4 is 16.7 Å². The lowest BCUT2D eigenvalue weighted by Crippen LogP contribution is -2.54. The third-order valence-corrected chi connectivity index (χ3v) is 4.40. The van der Waals surface area contributed by atoms with Gasteiger partial charge in [-0.15, -0.1) is 0 Å². The maximum absolute atomic E-state index is 12.8. The van der Waals surface area contributed by atoms with E-state index in [4.69, 9.17) is 0 Å². The number of nitrogens with one attached hydrogen (secondary N) is 1. The van der Waals surface area contributed by atoms with Gasteiger partial charge in [-0.1, -0.05) is 25.1 Å².